The van der Waals surface area contributed by atoms with Gasteiger partial charge in [0.1, 0.15) is 6.10 Å². The second-order valence-corrected chi connectivity index (χ2v) is 4.73. The lowest BCUT2D eigenvalue weighted by atomic mass is 9.94. The quantitative estimate of drug-likeness (QED) is 0.534. The minimum atomic E-state index is -0.230. The Hall–Kier alpha value is -0.600. The summed E-state index contributed by atoms with van der Waals surface area (Å²) in [7, 11) is 0. The van der Waals surface area contributed by atoms with Crippen molar-refractivity contribution in [3.05, 3.63) is 24.8 Å². The summed E-state index contributed by atoms with van der Waals surface area (Å²) in [6.45, 7) is 4.44. The van der Waals surface area contributed by atoms with Gasteiger partial charge in [0.15, 0.2) is 5.79 Å². The zero-order valence-corrected chi connectivity index (χ0v) is 9.99. The zero-order chi connectivity index (χ0) is 11.3. The molecular formula is C14H22O2. The van der Waals surface area contributed by atoms with Gasteiger partial charge in [0, 0.05) is 12.8 Å². The van der Waals surface area contributed by atoms with E-state index in [0.29, 0.717) is 0 Å². The molecule has 2 rings (SSSR count). The summed E-state index contributed by atoms with van der Waals surface area (Å²) in [5.41, 5.74) is 0. The highest BCUT2D eigenvalue weighted by molar-refractivity contribution is 4.95. The molecule has 0 radical (unpaired) electrons. The minimum absolute atomic E-state index is 0.169. The van der Waals surface area contributed by atoms with E-state index < -0.39 is 0 Å². The molecule has 0 unspecified atom stereocenters. The van der Waals surface area contributed by atoms with Gasteiger partial charge < -0.3 is 9.47 Å². The molecule has 2 heteroatoms. The predicted molar refractivity (Wildman–Crippen MR) is 65.2 cm³/mol. The maximum absolute atomic E-state index is 6.04. The van der Waals surface area contributed by atoms with Crippen molar-refractivity contribution in [3.63, 3.8) is 0 Å². The molecule has 2 aliphatic rings. The van der Waals surface area contributed by atoms with Gasteiger partial charge in [-0.25, -0.2) is 0 Å². The van der Waals surface area contributed by atoms with Crippen molar-refractivity contribution in [3.8, 4) is 0 Å². The molecule has 0 aromatic carbocycles. The highest BCUT2D eigenvalue weighted by Gasteiger charge is 2.41. The van der Waals surface area contributed by atoms with Crippen LogP contribution in [0.3, 0.4) is 0 Å². The predicted octanol–water partition coefficient (Wildman–Crippen LogP) is 3.58. The van der Waals surface area contributed by atoms with Gasteiger partial charge in [-0.2, -0.15) is 0 Å². The molecule has 1 saturated carbocycles. The maximum atomic E-state index is 6.04. The number of hydrogen-bond acceptors (Lipinski definition) is 2. The Morgan fingerprint density at radius 1 is 1.19 bits per heavy atom. The summed E-state index contributed by atoms with van der Waals surface area (Å²) in [6.07, 6.45) is 14.5. The van der Waals surface area contributed by atoms with E-state index in [0.717, 1.165) is 32.3 Å². The lowest BCUT2D eigenvalue weighted by Crippen LogP contribution is -2.33. The molecule has 1 saturated heterocycles. The van der Waals surface area contributed by atoms with Crippen LogP contribution in [0.1, 0.15) is 44.9 Å². The van der Waals surface area contributed by atoms with Gasteiger partial charge in [-0.1, -0.05) is 24.6 Å². The van der Waals surface area contributed by atoms with Gasteiger partial charge in [-0.15, -0.1) is 6.58 Å². The van der Waals surface area contributed by atoms with Crippen molar-refractivity contribution in [1.29, 1.82) is 0 Å². The van der Waals surface area contributed by atoms with E-state index in [1.54, 1.807) is 0 Å². The Morgan fingerprint density at radius 3 is 2.75 bits per heavy atom. The topological polar surface area (TPSA) is 18.5 Å². The van der Waals surface area contributed by atoms with E-state index in [1.807, 2.05) is 6.08 Å². The van der Waals surface area contributed by atoms with Gasteiger partial charge in [-0.3, -0.25) is 0 Å². The van der Waals surface area contributed by atoms with Crippen LogP contribution in [-0.4, -0.2) is 18.5 Å². The first-order valence-electron chi connectivity index (χ1n) is 6.44. The number of allylic oxidation sites excluding steroid dienone is 2. The molecular weight excluding hydrogens is 200 g/mol. The molecule has 90 valence electrons. The van der Waals surface area contributed by atoms with Crippen molar-refractivity contribution in [2.45, 2.75) is 56.8 Å². The molecule has 0 aromatic heterocycles. The monoisotopic (exact) mass is 222 g/mol. The zero-order valence-electron chi connectivity index (χ0n) is 9.99. The summed E-state index contributed by atoms with van der Waals surface area (Å²) in [5, 5.41) is 0. The molecule has 0 aromatic rings. The molecule has 0 bridgehead atoms. The van der Waals surface area contributed by atoms with Crippen molar-refractivity contribution in [2.24, 2.45) is 0 Å². The van der Waals surface area contributed by atoms with Gasteiger partial charge in [-0.05, 0) is 25.7 Å². The van der Waals surface area contributed by atoms with Crippen LogP contribution in [0.4, 0.5) is 0 Å². The lowest BCUT2D eigenvalue weighted by Gasteiger charge is -2.31. The van der Waals surface area contributed by atoms with Gasteiger partial charge in [0.25, 0.3) is 0 Å². The summed E-state index contributed by atoms with van der Waals surface area (Å²) in [6, 6.07) is 0. The highest BCUT2D eigenvalue weighted by Crippen LogP contribution is 2.37. The third-order valence-electron chi connectivity index (χ3n) is 3.38. The van der Waals surface area contributed by atoms with Crippen LogP contribution in [-0.2, 0) is 9.47 Å². The second-order valence-electron chi connectivity index (χ2n) is 4.73. The number of rotatable bonds is 4. The third-order valence-corrected chi connectivity index (χ3v) is 3.38. The highest BCUT2D eigenvalue weighted by atomic mass is 16.7. The standard InChI is InChI=1S/C14H22O2/c1-2-3-4-6-9-13-12-15-14(16-13)10-7-5-8-11-14/h2,6,9,13H,1,3-5,7-8,10-12H2/b9-6+/t13-/m1/s1. The molecule has 2 nitrogen and oxygen atoms in total. The fourth-order valence-corrected chi connectivity index (χ4v) is 2.49. The SMILES string of the molecule is C=CCC/C=C/[C@@H]1COC2(CCCCC2)O1. The summed E-state index contributed by atoms with van der Waals surface area (Å²) in [5.74, 6) is -0.230. The Balaban J connectivity index is 1.78. The number of unbranched alkanes of at least 4 members (excludes halogenated alkanes) is 1. The van der Waals surface area contributed by atoms with Crippen LogP contribution in [0.2, 0.25) is 0 Å². The normalized spacial score (nSPS) is 28.9. The third kappa shape index (κ3) is 2.96. The van der Waals surface area contributed by atoms with Crippen LogP contribution in [0.15, 0.2) is 24.8 Å². The first kappa shape index (κ1) is 11.9. The van der Waals surface area contributed by atoms with Gasteiger partial charge in [0.2, 0.25) is 0 Å². The second kappa shape index (κ2) is 5.65. The summed E-state index contributed by atoms with van der Waals surface area (Å²) in [4.78, 5) is 0. The number of ether oxygens (including phenoxy) is 2. The Labute approximate surface area is 98.3 Å². The van der Waals surface area contributed by atoms with Crippen molar-refractivity contribution < 1.29 is 9.47 Å². The van der Waals surface area contributed by atoms with E-state index in [4.69, 9.17) is 9.47 Å². The van der Waals surface area contributed by atoms with E-state index in [2.05, 4.69) is 18.7 Å². The lowest BCUT2D eigenvalue weighted by molar-refractivity contribution is -0.182. The van der Waals surface area contributed by atoms with E-state index in [1.165, 1.54) is 19.3 Å². The van der Waals surface area contributed by atoms with Gasteiger partial charge >= 0.3 is 0 Å². The van der Waals surface area contributed by atoms with E-state index in [9.17, 15) is 0 Å². The minimum Gasteiger partial charge on any atom is -0.347 e. The smallest absolute Gasteiger partial charge is 0.169 e. The Morgan fingerprint density at radius 2 is 2.00 bits per heavy atom. The molecule has 16 heavy (non-hydrogen) atoms. The largest absolute Gasteiger partial charge is 0.347 e. The molecule has 1 heterocycles. The van der Waals surface area contributed by atoms with Gasteiger partial charge in [0.05, 0.1) is 6.61 Å². The van der Waals surface area contributed by atoms with Crippen LogP contribution < -0.4 is 0 Å². The molecule has 1 atom stereocenters. The molecule has 1 spiro atoms. The molecule has 1 aliphatic carbocycles. The average Bonchev–Trinajstić information content (AvgIpc) is 2.69. The molecule has 1 aliphatic heterocycles. The molecule has 0 amide bonds. The van der Waals surface area contributed by atoms with Crippen LogP contribution >= 0.6 is 0 Å². The maximum Gasteiger partial charge on any atom is 0.169 e. The van der Waals surface area contributed by atoms with E-state index >= 15 is 0 Å². The van der Waals surface area contributed by atoms with Crippen LogP contribution in [0.25, 0.3) is 0 Å². The fraction of sp³-hybridized carbons (Fsp3) is 0.714. The van der Waals surface area contributed by atoms with Crippen molar-refractivity contribution in [1.82, 2.24) is 0 Å². The first-order chi connectivity index (χ1) is 7.85. The summed E-state index contributed by atoms with van der Waals surface area (Å²) >= 11 is 0. The van der Waals surface area contributed by atoms with Crippen LogP contribution in [0, 0.1) is 0 Å². The molecule has 0 N–H and O–H groups in total. The van der Waals surface area contributed by atoms with Crippen molar-refractivity contribution >= 4 is 0 Å². The van der Waals surface area contributed by atoms with E-state index in [-0.39, 0.29) is 11.9 Å². The van der Waals surface area contributed by atoms with Crippen LogP contribution in [0.5, 0.6) is 0 Å². The Bertz CT molecular complexity index is 251. The average molecular weight is 222 g/mol. The fourth-order valence-electron chi connectivity index (χ4n) is 2.49. The summed E-state index contributed by atoms with van der Waals surface area (Å²) < 4.78 is 11.9. The molecule has 2 fully saturated rings. The first-order valence-corrected chi connectivity index (χ1v) is 6.44. The number of hydrogen-bond donors (Lipinski definition) is 0. The Kier molecular flexibility index (Phi) is 4.19. The van der Waals surface area contributed by atoms with Crippen molar-refractivity contribution in [2.75, 3.05) is 6.61 Å².